The Hall–Kier alpha value is -0.970. The highest BCUT2D eigenvalue weighted by atomic mass is 35.5. The highest BCUT2D eigenvalue weighted by molar-refractivity contribution is 7.99. The molecule has 0 aliphatic carbocycles. The lowest BCUT2D eigenvalue weighted by Crippen LogP contribution is -2.20. The maximum atomic E-state index is 6.17. The van der Waals surface area contributed by atoms with Crippen molar-refractivity contribution >= 4 is 23.4 Å². The van der Waals surface area contributed by atoms with Gasteiger partial charge in [0.25, 0.3) is 0 Å². The van der Waals surface area contributed by atoms with Crippen LogP contribution in [0, 0.1) is 0 Å². The monoisotopic (exact) mass is 307 g/mol. The maximum Gasteiger partial charge on any atom is 0.0534 e. The summed E-state index contributed by atoms with van der Waals surface area (Å²) < 4.78 is 1.84. The van der Waals surface area contributed by atoms with Gasteiger partial charge in [-0.3, -0.25) is 4.68 Å². The standard InChI is InChI=1S/C15H18ClN3S/c1-19-10-11(9-18-19)8-17-14-3-2-6-20-15-5-4-12(16)7-13(14)15/h4-5,7,9-10,14,17H,2-3,6,8H2,1H3/t14-/m1/s1. The average molecular weight is 308 g/mol. The summed E-state index contributed by atoms with van der Waals surface area (Å²) in [6, 6.07) is 6.61. The minimum Gasteiger partial charge on any atom is -0.306 e. The van der Waals surface area contributed by atoms with E-state index in [4.69, 9.17) is 11.6 Å². The quantitative estimate of drug-likeness (QED) is 0.935. The molecular formula is C15H18ClN3S. The topological polar surface area (TPSA) is 29.9 Å². The molecule has 2 aromatic rings. The number of halogens is 1. The average Bonchev–Trinajstić information content (AvgIpc) is 2.74. The largest absolute Gasteiger partial charge is 0.306 e. The van der Waals surface area contributed by atoms with E-state index in [0.717, 1.165) is 18.0 Å². The predicted molar refractivity (Wildman–Crippen MR) is 84.2 cm³/mol. The Morgan fingerprint density at radius 2 is 2.40 bits per heavy atom. The van der Waals surface area contributed by atoms with Crippen molar-refractivity contribution in [3.8, 4) is 0 Å². The van der Waals surface area contributed by atoms with Crippen molar-refractivity contribution in [3.63, 3.8) is 0 Å². The zero-order valence-corrected chi connectivity index (χ0v) is 13.0. The predicted octanol–water partition coefficient (Wildman–Crippen LogP) is 3.79. The van der Waals surface area contributed by atoms with Gasteiger partial charge in [-0.1, -0.05) is 11.6 Å². The molecule has 1 aromatic carbocycles. The van der Waals surface area contributed by atoms with Gasteiger partial charge in [0.2, 0.25) is 0 Å². The number of aryl methyl sites for hydroxylation is 1. The number of rotatable bonds is 3. The maximum absolute atomic E-state index is 6.17. The van der Waals surface area contributed by atoms with Gasteiger partial charge in [-0.25, -0.2) is 0 Å². The molecule has 3 rings (SSSR count). The molecule has 106 valence electrons. The number of hydrogen-bond donors (Lipinski definition) is 1. The van der Waals surface area contributed by atoms with Gasteiger partial charge >= 0.3 is 0 Å². The zero-order chi connectivity index (χ0) is 13.9. The van der Waals surface area contributed by atoms with Crippen LogP contribution in [0.2, 0.25) is 5.02 Å². The minimum absolute atomic E-state index is 0.374. The Morgan fingerprint density at radius 3 is 3.20 bits per heavy atom. The molecule has 1 N–H and O–H groups in total. The Morgan fingerprint density at radius 1 is 1.50 bits per heavy atom. The van der Waals surface area contributed by atoms with Crippen molar-refractivity contribution in [2.75, 3.05) is 5.75 Å². The number of benzene rings is 1. The van der Waals surface area contributed by atoms with Gasteiger partial charge in [-0.05, 0) is 42.4 Å². The van der Waals surface area contributed by atoms with E-state index in [9.17, 15) is 0 Å². The molecule has 1 atom stereocenters. The van der Waals surface area contributed by atoms with E-state index in [1.807, 2.05) is 35.8 Å². The smallest absolute Gasteiger partial charge is 0.0534 e. The minimum atomic E-state index is 0.374. The Balaban J connectivity index is 1.77. The normalized spacial score (nSPS) is 18.6. The Labute approximate surface area is 128 Å². The molecule has 0 unspecified atom stereocenters. The fourth-order valence-corrected chi connectivity index (χ4v) is 3.81. The molecule has 0 spiro atoms. The molecule has 2 heterocycles. The first-order chi connectivity index (χ1) is 9.72. The molecule has 1 aliphatic heterocycles. The highest BCUT2D eigenvalue weighted by Crippen LogP contribution is 2.36. The molecule has 1 aliphatic rings. The van der Waals surface area contributed by atoms with Gasteiger partial charge in [0, 0.05) is 41.3 Å². The number of fused-ring (bicyclic) bond motifs is 1. The molecule has 20 heavy (non-hydrogen) atoms. The molecule has 0 saturated heterocycles. The summed E-state index contributed by atoms with van der Waals surface area (Å²) in [5.74, 6) is 1.18. The van der Waals surface area contributed by atoms with Gasteiger partial charge in [-0.15, -0.1) is 11.8 Å². The van der Waals surface area contributed by atoms with Crippen LogP contribution in [0.1, 0.15) is 30.0 Å². The van der Waals surface area contributed by atoms with E-state index in [2.05, 4.69) is 28.7 Å². The van der Waals surface area contributed by atoms with E-state index < -0.39 is 0 Å². The van der Waals surface area contributed by atoms with Crippen molar-refractivity contribution in [1.82, 2.24) is 15.1 Å². The first-order valence-electron chi connectivity index (χ1n) is 6.85. The summed E-state index contributed by atoms with van der Waals surface area (Å²) in [4.78, 5) is 1.36. The van der Waals surface area contributed by atoms with Gasteiger partial charge < -0.3 is 5.32 Å². The third-order valence-corrected chi connectivity index (χ3v) is 4.96. The van der Waals surface area contributed by atoms with Crippen LogP contribution >= 0.6 is 23.4 Å². The molecule has 5 heteroatoms. The molecule has 0 bridgehead atoms. The van der Waals surface area contributed by atoms with Gasteiger partial charge in [0.05, 0.1) is 6.20 Å². The molecule has 0 radical (unpaired) electrons. The zero-order valence-electron chi connectivity index (χ0n) is 11.5. The highest BCUT2D eigenvalue weighted by Gasteiger charge is 2.19. The Bertz CT molecular complexity index is 597. The van der Waals surface area contributed by atoms with Gasteiger partial charge in [0.15, 0.2) is 0 Å². The Kier molecular flexibility index (Phi) is 4.34. The first kappa shape index (κ1) is 14.0. The van der Waals surface area contributed by atoms with Crippen LogP contribution in [0.3, 0.4) is 0 Å². The summed E-state index contributed by atoms with van der Waals surface area (Å²) in [5, 5.41) is 8.68. The number of nitrogens with one attached hydrogen (secondary N) is 1. The second-order valence-electron chi connectivity index (χ2n) is 5.13. The number of nitrogens with zero attached hydrogens (tertiary/aromatic N) is 2. The van der Waals surface area contributed by atoms with Gasteiger partial charge in [0.1, 0.15) is 0 Å². The van der Waals surface area contributed by atoms with Crippen LogP contribution < -0.4 is 5.32 Å². The molecule has 1 aromatic heterocycles. The third kappa shape index (κ3) is 3.19. The SMILES string of the molecule is Cn1cc(CN[C@@H]2CCCSc3ccc(Cl)cc32)cn1. The molecule has 0 saturated carbocycles. The first-order valence-corrected chi connectivity index (χ1v) is 8.22. The van der Waals surface area contributed by atoms with Crippen LogP contribution in [-0.2, 0) is 13.6 Å². The van der Waals surface area contributed by atoms with E-state index in [-0.39, 0.29) is 0 Å². The van der Waals surface area contributed by atoms with E-state index in [1.54, 1.807) is 0 Å². The second-order valence-corrected chi connectivity index (χ2v) is 6.70. The fraction of sp³-hybridized carbons (Fsp3) is 0.400. The van der Waals surface area contributed by atoms with Crippen molar-refractivity contribution in [1.29, 1.82) is 0 Å². The lowest BCUT2D eigenvalue weighted by molar-refractivity contribution is 0.492. The molecule has 3 nitrogen and oxygen atoms in total. The van der Waals surface area contributed by atoms with Crippen LogP contribution in [0.15, 0.2) is 35.5 Å². The fourth-order valence-electron chi connectivity index (χ4n) is 2.56. The van der Waals surface area contributed by atoms with Crippen LogP contribution in [0.25, 0.3) is 0 Å². The molecule has 0 amide bonds. The van der Waals surface area contributed by atoms with E-state index >= 15 is 0 Å². The molecule has 0 fully saturated rings. The number of aromatic nitrogens is 2. The van der Waals surface area contributed by atoms with Crippen LogP contribution in [-0.4, -0.2) is 15.5 Å². The van der Waals surface area contributed by atoms with Crippen molar-refractivity contribution in [3.05, 3.63) is 46.7 Å². The lowest BCUT2D eigenvalue weighted by Gasteiger charge is -2.19. The van der Waals surface area contributed by atoms with Crippen molar-refractivity contribution in [2.24, 2.45) is 7.05 Å². The summed E-state index contributed by atoms with van der Waals surface area (Å²) in [6.45, 7) is 0.842. The van der Waals surface area contributed by atoms with Crippen LogP contribution in [0.4, 0.5) is 0 Å². The van der Waals surface area contributed by atoms with E-state index in [1.165, 1.54) is 28.2 Å². The second kappa shape index (κ2) is 6.20. The number of thioether (sulfide) groups is 1. The lowest BCUT2D eigenvalue weighted by atomic mass is 10.0. The van der Waals surface area contributed by atoms with Gasteiger partial charge in [-0.2, -0.15) is 5.10 Å². The van der Waals surface area contributed by atoms with E-state index in [0.29, 0.717) is 6.04 Å². The summed E-state index contributed by atoms with van der Waals surface area (Å²) in [5.41, 5.74) is 2.55. The third-order valence-electron chi connectivity index (χ3n) is 3.55. The number of hydrogen-bond acceptors (Lipinski definition) is 3. The summed E-state index contributed by atoms with van der Waals surface area (Å²) in [7, 11) is 1.95. The molecular weight excluding hydrogens is 290 g/mol. The summed E-state index contributed by atoms with van der Waals surface area (Å²) in [6.07, 6.45) is 6.34. The summed E-state index contributed by atoms with van der Waals surface area (Å²) >= 11 is 8.10. The van der Waals surface area contributed by atoms with Crippen LogP contribution in [0.5, 0.6) is 0 Å². The van der Waals surface area contributed by atoms with Crippen molar-refractivity contribution < 1.29 is 0 Å². The van der Waals surface area contributed by atoms with Crippen molar-refractivity contribution in [2.45, 2.75) is 30.3 Å².